The Morgan fingerprint density at radius 3 is 2.46 bits per heavy atom. The summed E-state index contributed by atoms with van der Waals surface area (Å²) in [7, 11) is 1.52. The van der Waals surface area contributed by atoms with Crippen LogP contribution in [-0.2, 0) is 4.79 Å². The van der Waals surface area contributed by atoms with Crippen LogP contribution in [0, 0.1) is 0 Å². The van der Waals surface area contributed by atoms with Crippen molar-refractivity contribution in [3.8, 4) is 28.1 Å². The molecule has 1 amide bonds. The van der Waals surface area contributed by atoms with Gasteiger partial charge in [-0.3, -0.25) is 9.59 Å². The van der Waals surface area contributed by atoms with Crippen molar-refractivity contribution in [1.29, 1.82) is 0 Å². The monoisotopic (exact) mass is 490 g/mol. The second kappa shape index (κ2) is 9.74. The van der Waals surface area contributed by atoms with E-state index in [1.54, 1.807) is 36.4 Å². The van der Waals surface area contributed by atoms with Crippen molar-refractivity contribution in [1.82, 2.24) is 19.8 Å². The first kappa shape index (κ1) is 23.4. The predicted octanol–water partition coefficient (Wildman–Crippen LogP) is 4.40. The molecule has 0 aliphatic heterocycles. The van der Waals surface area contributed by atoms with Crippen molar-refractivity contribution in [2.75, 3.05) is 18.2 Å². The molecule has 0 atom stereocenters. The number of fused-ring (bicyclic) bond motifs is 1. The van der Waals surface area contributed by atoms with E-state index in [1.165, 1.54) is 24.1 Å². The van der Waals surface area contributed by atoms with E-state index >= 15 is 0 Å². The third kappa shape index (κ3) is 4.41. The van der Waals surface area contributed by atoms with Crippen molar-refractivity contribution in [3.05, 3.63) is 103 Å². The highest BCUT2D eigenvalue weighted by Crippen LogP contribution is 2.39. The quantitative estimate of drug-likeness (QED) is 0.256. The number of aromatic nitrogens is 4. The third-order valence-electron chi connectivity index (χ3n) is 5.85. The Labute approximate surface area is 212 Å². The van der Waals surface area contributed by atoms with Crippen LogP contribution in [0.2, 0.25) is 0 Å². The van der Waals surface area contributed by atoms with Crippen LogP contribution < -0.4 is 15.8 Å². The fraction of sp³-hybridized carbons (Fsp3) is 0.0357. The highest BCUT2D eigenvalue weighted by Gasteiger charge is 2.22. The molecule has 0 saturated heterocycles. The predicted molar refractivity (Wildman–Crippen MR) is 141 cm³/mol. The number of carbonyl (C=O) groups is 2. The smallest absolute Gasteiger partial charge is 0.247 e. The number of rotatable bonds is 7. The van der Waals surface area contributed by atoms with E-state index in [4.69, 9.17) is 10.5 Å². The van der Waals surface area contributed by atoms with Gasteiger partial charge in [0.1, 0.15) is 23.3 Å². The minimum Gasteiger partial charge on any atom is -0.496 e. The Hall–Kier alpha value is -5.31. The molecule has 182 valence electrons. The zero-order valence-corrected chi connectivity index (χ0v) is 19.9. The fourth-order valence-corrected chi connectivity index (χ4v) is 4.08. The minimum absolute atomic E-state index is 0.149. The number of nitrogens with zero attached hydrogens (tertiary/aromatic N) is 4. The molecular weight excluding hydrogens is 468 g/mol. The van der Waals surface area contributed by atoms with Crippen LogP contribution in [0.3, 0.4) is 0 Å². The van der Waals surface area contributed by atoms with Crippen molar-refractivity contribution < 1.29 is 14.3 Å². The van der Waals surface area contributed by atoms with Crippen LogP contribution in [0.4, 0.5) is 11.5 Å². The van der Waals surface area contributed by atoms with Gasteiger partial charge in [-0.25, -0.2) is 4.98 Å². The Kier molecular flexibility index (Phi) is 6.17. The molecule has 0 fully saturated rings. The maximum absolute atomic E-state index is 13.1. The summed E-state index contributed by atoms with van der Waals surface area (Å²) in [5.41, 5.74) is 11.1. The van der Waals surface area contributed by atoms with E-state index < -0.39 is 0 Å². The molecule has 0 radical (unpaired) electrons. The average Bonchev–Trinajstić information content (AvgIpc) is 3.34. The molecule has 9 heteroatoms. The molecular formula is C28H22N6O3. The lowest BCUT2D eigenvalue weighted by atomic mass is 9.96. The van der Waals surface area contributed by atoms with Crippen LogP contribution in [-0.4, -0.2) is 38.6 Å². The van der Waals surface area contributed by atoms with Gasteiger partial charge in [0, 0.05) is 22.4 Å². The molecule has 0 aliphatic rings. The number of ether oxygens (including phenoxy) is 1. The van der Waals surface area contributed by atoms with Crippen molar-refractivity contribution in [3.63, 3.8) is 0 Å². The van der Waals surface area contributed by atoms with Crippen molar-refractivity contribution >= 4 is 28.7 Å². The number of ketones is 1. The number of benzene rings is 3. The number of nitrogens with one attached hydrogen (secondary N) is 1. The van der Waals surface area contributed by atoms with Crippen LogP contribution in [0.25, 0.3) is 27.9 Å². The number of hydrogen-bond acceptors (Lipinski definition) is 7. The zero-order chi connectivity index (χ0) is 25.9. The Morgan fingerprint density at radius 2 is 1.76 bits per heavy atom. The second-order valence-corrected chi connectivity index (χ2v) is 8.09. The lowest BCUT2D eigenvalue weighted by Crippen LogP contribution is -2.06. The van der Waals surface area contributed by atoms with Gasteiger partial charge in [0.25, 0.3) is 0 Å². The Bertz CT molecular complexity index is 1640. The summed E-state index contributed by atoms with van der Waals surface area (Å²) in [5.74, 6) is 0.210. The molecule has 0 bridgehead atoms. The largest absolute Gasteiger partial charge is 0.496 e. The number of anilines is 2. The number of methoxy groups -OCH3 is 1. The van der Waals surface area contributed by atoms with Gasteiger partial charge in [0.05, 0.1) is 12.7 Å². The SMILES string of the molecule is C=CC(=O)Nc1ccc(-c2nn3ncnc(N)c3c2-c2ccc(C(=O)c3ccccc3)c(OC)c2)cc1. The van der Waals surface area contributed by atoms with Crippen molar-refractivity contribution in [2.45, 2.75) is 0 Å². The first-order chi connectivity index (χ1) is 18.0. The minimum atomic E-state index is -0.304. The molecule has 2 aromatic heterocycles. The van der Waals surface area contributed by atoms with E-state index in [0.717, 1.165) is 11.1 Å². The first-order valence-electron chi connectivity index (χ1n) is 11.3. The Balaban J connectivity index is 1.64. The number of hydrogen-bond donors (Lipinski definition) is 2. The molecule has 0 saturated carbocycles. The summed E-state index contributed by atoms with van der Waals surface area (Å²) in [6.07, 6.45) is 2.54. The lowest BCUT2D eigenvalue weighted by molar-refractivity contribution is -0.111. The normalized spacial score (nSPS) is 10.7. The number of nitrogens with two attached hydrogens (primary N) is 1. The molecule has 5 aromatic rings. The molecule has 0 unspecified atom stereocenters. The van der Waals surface area contributed by atoms with Crippen LogP contribution >= 0.6 is 0 Å². The number of amides is 1. The van der Waals surface area contributed by atoms with Gasteiger partial charge < -0.3 is 15.8 Å². The van der Waals surface area contributed by atoms with Gasteiger partial charge in [0.2, 0.25) is 5.91 Å². The summed E-state index contributed by atoms with van der Waals surface area (Å²) in [5, 5.41) is 11.6. The summed E-state index contributed by atoms with van der Waals surface area (Å²) >= 11 is 0. The van der Waals surface area contributed by atoms with Crippen LogP contribution in [0.5, 0.6) is 5.75 Å². The molecule has 3 N–H and O–H groups in total. The molecule has 0 aliphatic carbocycles. The maximum Gasteiger partial charge on any atom is 0.247 e. The third-order valence-corrected chi connectivity index (χ3v) is 5.85. The van der Waals surface area contributed by atoms with Crippen LogP contribution in [0.15, 0.2) is 91.8 Å². The highest BCUT2D eigenvalue weighted by atomic mass is 16.5. The van der Waals surface area contributed by atoms with Gasteiger partial charge in [0.15, 0.2) is 11.6 Å². The van der Waals surface area contributed by atoms with E-state index in [1.807, 2.05) is 36.4 Å². The molecule has 3 aromatic carbocycles. The fourth-order valence-electron chi connectivity index (χ4n) is 4.08. The van der Waals surface area contributed by atoms with Gasteiger partial charge in [-0.05, 0) is 35.9 Å². The number of nitrogen functional groups attached to an aromatic ring is 1. The van der Waals surface area contributed by atoms with E-state index in [-0.39, 0.29) is 17.5 Å². The second-order valence-electron chi connectivity index (χ2n) is 8.09. The molecule has 9 nitrogen and oxygen atoms in total. The first-order valence-corrected chi connectivity index (χ1v) is 11.3. The average molecular weight is 491 g/mol. The van der Waals surface area contributed by atoms with E-state index in [9.17, 15) is 9.59 Å². The zero-order valence-electron chi connectivity index (χ0n) is 19.9. The maximum atomic E-state index is 13.1. The van der Waals surface area contributed by atoms with Gasteiger partial charge >= 0.3 is 0 Å². The Morgan fingerprint density at radius 1 is 1.03 bits per heavy atom. The van der Waals surface area contributed by atoms with Gasteiger partial charge in [-0.1, -0.05) is 55.1 Å². The highest BCUT2D eigenvalue weighted by molar-refractivity contribution is 6.11. The van der Waals surface area contributed by atoms with E-state index in [0.29, 0.717) is 39.3 Å². The summed E-state index contributed by atoms with van der Waals surface area (Å²) in [6.45, 7) is 3.47. The topological polar surface area (TPSA) is 125 Å². The van der Waals surface area contributed by atoms with E-state index in [2.05, 4.69) is 27.1 Å². The molecule has 37 heavy (non-hydrogen) atoms. The molecule has 5 rings (SSSR count). The summed E-state index contributed by atoms with van der Waals surface area (Å²) in [4.78, 5) is 28.9. The molecule has 2 heterocycles. The van der Waals surface area contributed by atoms with Crippen LogP contribution in [0.1, 0.15) is 15.9 Å². The number of carbonyl (C=O) groups excluding carboxylic acids is 2. The van der Waals surface area contributed by atoms with Crippen molar-refractivity contribution in [2.24, 2.45) is 0 Å². The standard InChI is InChI=1S/C28H22N6O3/c1-3-23(35)32-20-12-9-17(10-13-20)25-24(26-28(29)30-16-31-34(26)33-25)19-11-14-21(22(15-19)37-2)27(36)18-7-5-4-6-8-18/h3-16H,1H2,2H3,(H,32,35)(H2,29,30,31). The summed E-state index contributed by atoms with van der Waals surface area (Å²) < 4.78 is 7.05. The molecule has 0 spiro atoms. The van der Waals surface area contributed by atoms with Gasteiger partial charge in [-0.2, -0.15) is 0 Å². The van der Waals surface area contributed by atoms with Gasteiger partial charge in [-0.15, -0.1) is 14.8 Å². The summed E-state index contributed by atoms with van der Waals surface area (Å²) in [6, 6.07) is 21.5. The lowest BCUT2D eigenvalue weighted by Gasteiger charge is -2.11.